The normalized spacial score (nSPS) is 21.9. The highest BCUT2D eigenvalue weighted by atomic mass is 32.2. The van der Waals surface area contributed by atoms with E-state index < -0.39 is 28.0 Å². The van der Waals surface area contributed by atoms with Crippen molar-refractivity contribution >= 4 is 15.9 Å². The standard InChI is InChI=1S/C14H20N2O6S/c1-9-4-11(17)5-13(22-9)14(19)16-6-10(12(18)7-16)8-23(20,21)15(2)3/h4-5,10,12,18H,6-8H2,1-3H3/t10-,12+/m0/s1. The molecule has 128 valence electrons. The molecule has 23 heavy (non-hydrogen) atoms. The summed E-state index contributed by atoms with van der Waals surface area (Å²) in [7, 11) is -0.645. The number of carbonyl (C=O) groups excluding carboxylic acids is 1. The van der Waals surface area contributed by atoms with Crippen LogP contribution in [0.4, 0.5) is 0 Å². The molecule has 0 bridgehead atoms. The lowest BCUT2D eigenvalue weighted by Crippen LogP contribution is -2.33. The summed E-state index contributed by atoms with van der Waals surface area (Å²) in [5.74, 6) is -1.16. The van der Waals surface area contributed by atoms with Gasteiger partial charge in [0.1, 0.15) is 5.76 Å². The van der Waals surface area contributed by atoms with E-state index in [1.807, 2.05) is 0 Å². The van der Waals surface area contributed by atoms with Gasteiger partial charge in [-0.25, -0.2) is 12.7 Å². The van der Waals surface area contributed by atoms with E-state index in [4.69, 9.17) is 4.42 Å². The highest BCUT2D eigenvalue weighted by molar-refractivity contribution is 7.89. The molecule has 1 saturated heterocycles. The molecular formula is C14H20N2O6S. The van der Waals surface area contributed by atoms with E-state index in [1.54, 1.807) is 6.92 Å². The van der Waals surface area contributed by atoms with Crippen LogP contribution in [0.15, 0.2) is 21.3 Å². The summed E-state index contributed by atoms with van der Waals surface area (Å²) < 4.78 is 30.2. The van der Waals surface area contributed by atoms with Gasteiger partial charge in [-0.05, 0) is 6.92 Å². The smallest absolute Gasteiger partial charge is 0.289 e. The van der Waals surface area contributed by atoms with Gasteiger partial charge in [0.25, 0.3) is 5.91 Å². The number of aryl methyl sites for hydroxylation is 1. The fraction of sp³-hybridized carbons (Fsp3) is 0.571. The van der Waals surface area contributed by atoms with Crippen molar-refractivity contribution in [3.63, 3.8) is 0 Å². The number of rotatable bonds is 4. The van der Waals surface area contributed by atoms with Crippen LogP contribution in [0.3, 0.4) is 0 Å². The van der Waals surface area contributed by atoms with Gasteiger partial charge >= 0.3 is 0 Å². The molecule has 0 unspecified atom stereocenters. The maximum absolute atomic E-state index is 12.4. The monoisotopic (exact) mass is 344 g/mol. The van der Waals surface area contributed by atoms with E-state index in [-0.39, 0.29) is 30.0 Å². The van der Waals surface area contributed by atoms with Crippen molar-refractivity contribution in [3.05, 3.63) is 33.9 Å². The summed E-state index contributed by atoms with van der Waals surface area (Å²) in [5.41, 5.74) is -0.344. The molecule has 1 N–H and O–H groups in total. The zero-order valence-corrected chi connectivity index (χ0v) is 14.0. The fourth-order valence-electron chi connectivity index (χ4n) is 2.47. The number of hydrogen-bond acceptors (Lipinski definition) is 6. The molecule has 0 saturated carbocycles. The predicted molar refractivity (Wildman–Crippen MR) is 82.6 cm³/mol. The third kappa shape index (κ3) is 3.98. The van der Waals surface area contributed by atoms with Gasteiger partial charge < -0.3 is 14.4 Å². The van der Waals surface area contributed by atoms with E-state index in [9.17, 15) is 23.1 Å². The Morgan fingerprint density at radius 2 is 2.04 bits per heavy atom. The number of hydrogen-bond donors (Lipinski definition) is 1. The molecule has 0 spiro atoms. The first-order valence-corrected chi connectivity index (χ1v) is 8.70. The molecule has 1 aliphatic rings. The number of amides is 1. The second-order valence-corrected chi connectivity index (χ2v) is 8.09. The molecule has 2 atom stereocenters. The SMILES string of the molecule is Cc1cc(=O)cc(C(=O)N2C[C@@H](CS(=O)(=O)N(C)C)[C@H](O)C2)o1. The van der Waals surface area contributed by atoms with Crippen molar-refractivity contribution in [1.29, 1.82) is 0 Å². The number of β-amino-alcohol motifs (C(OH)–C–C–N with tert-alkyl or cyclic N) is 1. The molecule has 1 fully saturated rings. The second-order valence-electron chi connectivity index (χ2n) is 5.87. The molecule has 1 aromatic rings. The van der Waals surface area contributed by atoms with Crippen LogP contribution in [0.2, 0.25) is 0 Å². The van der Waals surface area contributed by atoms with Gasteiger partial charge in [-0.15, -0.1) is 0 Å². The van der Waals surface area contributed by atoms with Crippen LogP contribution in [0, 0.1) is 12.8 Å². The van der Waals surface area contributed by atoms with Crippen LogP contribution >= 0.6 is 0 Å². The summed E-state index contributed by atoms with van der Waals surface area (Å²) in [6, 6.07) is 2.35. The maximum Gasteiger partial charge on any atom is 0.289 e. The summed E-state index contributed by atoms with van der Waals surface area (Å²) in [6.07, 6.45) is -0.940. The number of carbonyl (C=O) groups is 1. The highest BCUT2D eigenvalue weighted by Gasteiger charge is 2.38. The minimum atomic E-state index is -3.48. The largest absolute Gasteiger partial charge is 0.456 e. The zero-order chi connectivity index (χ0) is 17.4. The van der Waals surface area contributed by atoms with Gasteiger partial charge in [0.15, 0.2) is 11.2 Å². The van der Waals surface area contributed by atoms with Gasteiger partial charge in [-0.1, -0.05) is 0 Å². The van der Waals surface area contributed by atoms with Crippen LogP contribution < -0.4 is 5.43 Å². The first kappa shape index (κ1) is 17.6. The third-order valence-corrected chi connectivity index (χ3v) is 5.74. The average Bonchev–Trinajstić information content (AvgIpc) is 2.77. The van der Waals surface area contributed by atoms with Gasteiger partial charge in [0, 0.05) is 45.2 Å². The molecule has 2 heterocycles. The number of likely N-dealkylation sites (tertiary alicyclic amines) is 1. The van der Waals surface area contributed by atoms with E-state index in [1.165, 1.54) is 25.1 Å². The van der Waals surface area contributed by atoms with Crippen LogP contribution in [0.25, 0.3) is 0 Å². The molecule has 1 aromatic heterocycles. The molecule has 0 aliphatic carbocycles. The van der Waals surface area contributed by atoms with Gasteiger partial charge in [0.05, 0.1) is 11.9 Å². The topological polar surface area (TPSA) is 108 Å². The lowest BCUT2D eigenvalue weighted by Gasteiger charge is -2.17. The minimum Gasteiger partial charge on any atom is -0.456 e. The van der Waals surface area contributed by atoms with Crippen LogP contribution in [-0.2, 0) is 10.0 Å². The number of nitrogens with zero attached hydrogens (tertiary/aromatic N) is 2. The fourth-order valence-corrected chi connectivity index (χ4v) is 3.63. The van der Waals surface area contributed by atoms with E-state index in [0.29, 0.717) is 5.76 Å². The lowest BCUT2D eigenvalue weighted by molar-refractivity contribution is 0.0729. The molecule has 2 rings (SSSR count). The third-order valence-electron chi connectivity index (χ3n) is 3.78. The molecule has 9 heteroatoms. The molecule has 1 aliphatic heterocycles. The van der Waals surface area contributed by atoms with Gasteiger partial charge in [-0.3, -0.25) is 9.59 Å². The molecule has 1 amide bonds. The molecule has 0 radical (unpaired) electrons. The number of sulfonamides is 1. The van der Waals surface area contributed by atoms with Crippen molar-refractivity contribution < 1.29 is 22.7 Å². The summed E-state index contributed by atoms with van der Waals surface area (Å²) in [6.45, 7) is 1.65. The Hall–Kier alpha value is -1.71. The predicted octanol–water partition coefficient (Wildman–Crippen LogP) is -0.727. The Bertz CT molecular complexity index is 755. The first-order chi connectivity index (χ1) is 10.6. The van der Waals surface area contributed by atoms with Crippen LogP contribution in [0.1, 0.15) is 16.3 Å². The Balaban J connectivity index is 2.14. The lowest BCUT2D eigenvalue weighted by atomic mass is 10.1. The van der Waals surface area contributed by atoms with Crippen molar-refractivity contribution in [1.82, 2.24) is 9.21 Å². The Morgan fingerprint density at radius 1 is 1.39 bits per heavy atom. The Labute approximate surface area is 134 Å². The summed E-state index contributed by atoms with van der Waals surface area (Å²) in [4.78, 5) is 25.1. The molecule has 0 aromatic carbocycles. The van der Waals surface area contributed by atoms with E-state index in [2.05, 4.69) is 0 Å². The zero-order valence-electron chi connectivity index (χ0n) is 13.2. The quantitative estimate of drug-likeness (QED) is 0.772. The van der Waals surface area contributed by atoms with Gasteiger partial charge in [0.2, 0.25) is 10.0 Å². The van der Waals surface area contributed by atoms with Gasteiger partial charge in [-0.2, -0.15) is 0 Å². The summed E-state index contributed by atoms with van der Waals surface area (Å²) in [5, 5.41) is 10.0. The number of aliphatic hydroxyl groups is 1. The Kier molecular flexibility index (Phi) is 4.92. The van der Waals surface area contributed by atoms with Crippen molar-refractivity contribution in [2.45, 2.75) is 13.0 Å². The molecular weight excluding hydrogens is 324 g/mol. The second kappa shape index (κ2) is 6.42. The maximum atomic E-state index is 12.4. The van der Waals surface area contributed by atoms with Crippen molar-refractivity contribution in [2.75, 3.05) is 32.9 Å². The molecule has 8 nitrogen and oxygen atoms in total. The first-order valence-electron chi connectivity index (χ1n) is 7.09. The van der Waals surface area contributed by atoms with Crippen LogP contribution in [0.5, 0.6) is 0 Å². The van der Waals surface area contributed by atoms with Crippen LogP contribution in [-0.4, -0.2) is 67.7 Å². The number of aliphatic hydroxyl groups excluding tert-OH is 1. The van der Waals surface area contributed by atoms with Crippen molar-refractivity contribution in [3.8, 4) is 0 Å². The highest BCUT2D eigenvalue weighted by Crippen LogP contribution is 2.21. The van der Waals surface area contributed by atoms with E-state index >= 15 is 0 Å². The van der Waals surface area contributed by atoms with Crippen molar-refractivity contribution in [2.24, 2.45) is 5.92 Å². The minimum absolute atomic E-state index is 0.00407. The Morgan fingerprint density at radius 3 is 2.61 bits per heavy atom. The van der Waals surface area contributed by atoms with E-state index in [0.717, 1.165) is 10.4 Å². The summed E-state index contributed by atoms with van der Waals surface area (Å²) >= 11 is 0. The average molecular weight is 344 g/mol.